The van der Waals surface area contributed by atoms with Crippen LogP contribution in [0, 0.1) is 0 Å². The Kier molecular flexibility index (Phi) is 6.03. The molecule has 2 N–H and O–H groups in total. The van der Waals surface area contributed by atoms with Gasteiger partial charge in [0.25, 0.3) is 0 Å². The first kappa shape index (κ1) is 15.3. The van der Waals surface area contributed by atoms with Crippen LogP contribution in [0.1, 0.15) is 31.2 Å². The molecule has 0 radical (unpaired) electrons. The number of aliphatic hydroxyl groups excluding tert-OH is 1. The van der Waals surface area contributed by atoms with Crippen molar-refractivity contribution >= 4 is 17.0 Å². The summed E-state index contributed by atoms with van der Waals surface area (Å²) in [5, 5.41) is 22.8. The molecule has 0 aromatic heterocycles. The van der Waals surface area contributed by atoms with E-state index >= 15 is 0 Å². The summed E-state index contributed by atoms with van der Waals surface area (Å²) in [4.78, 5) is 0. The molecule has 0 unspecified atom stereocenters. The van der Waals surface area contributed by atoms with Crippen LogP contribution in [0.15, 0.2) is 41.6 Å². The molecule has 2 aromatic carbocycles. The van der Waals surface area contributed by atoms with E-state index in [1.54, 1.807) is 0 Å². The van der Waals surface area contributed by atoms with Crippen LogP contribution in [0.25, 0.3) is 10.8 Å². The lowest BCUT2D eigenvalue weighted by molar-refractivity contribution is 0.273. The van der Waals surface area contributed by atoms with Gasteiger partial charge in [0.2, 0.25) is 0 Å². The maximum absolute atomic E-state index is 8.86. The largest absolute Gasteiger partial charge is 0.493 e. The predicted molar refractivity (Wildman–Crippen MR) is 84.4 cm³/mol. The molecule has 0 spiro atoms. The molecule has 4 nitrogen and oxygen atoms in total. The van der Waals surface area contributed by atoms with Gasteiger partial charge in [0.1, 0.15) is 5.75 Å². The molecule has 0 aliphatic carbocycles. The van der Waals surface area contributed by atoms with Gasteiger partial charge in [-0.05, 0) is 36.1 Å². The Morgan fingerprint density at radius 1 is 1.00 bits per heavy atom. The molecule has 0 aliphatic heterocycles. The van der Waals surface area contributed by atoms with Crippen LogP contribution in [0.3, 0.4) is 0 Å². The average Bonchev–Trinajstić information content (AvgIpc) is 2.52. The van der Waals surface area contributed by atoms with E-state index in [1.165, 1.54) is 6.21 Å². The average molecular weight is 287 g/mol. The van der Waals surface area contributed by atoms with E-state index in [2.05, 4.69) is 5.16 Å². The number of rotatable bonds is 8. The van der Waals surface area contributed by atoms with Crippen molar-refractivity contribution in [2.45, 2.75) is 25.7 Å². The summed E-state index contributed by atoms with van der Waals surface area (Å²) >= 11 is 0. The third-order valence-electron chi connectivity index (χ3n) is 3.43. The first-order chi connectivity index (χ1) is 10.4. The zero-order valence-electron chi connectivity index (χ0n) is 12.0. The zero-order chi connectivity index (χ0) is 14.9. The second-order valence-corrected chi connectivity index (χ2v) is 4.93. The monoisotopic (exact) mass is 287 g/mol. The lowest BCUT2D eigenvalue weighted by Crippen LogP contribution is -2.01. The molecule has 2 rings (SSSR count). The van der Waals surface area contributed by atoms with Crippen molar-refractivity contribution in [1.29, 1.82) is 0 Å². The normalized spacial score (nSPS) is 11.3. The maximum Gasteiger partial charge on any atom is 0.128 e. The van der Waals surface area contributed by atoms with Gasteiger partial charge in [0.05, 0.1) is 12.8 Å². The first-order valence-corrected chi connectivity index (χ1v) is 7.29. The molecular formula is C17H21NO3. The Bertz CT molecular complexity index is 596. The van der Waals surface area contributed by atoms with E-state index in [0.717, 1.165) is 47.8 Å². The van der Waals surface area contributed by atoms with E-state index < -0.39 is 0 Å². The predicted octanol–water partition coefficient (Wildman–Crippen LogP) is 3.58. The van der Waals surface area contributed by atoms with Crippen molar-refractivity contribution in [3.63, 3.8) is 0 Å². The van der Waals surface area contributed by atoms with Gasteiger partial charge in [-0.2, -0.15) is 0 Å². The van der Waals surface area contributed by atoms with Crippen molar-refractivity contribution in [1.82, 2.24) is 0 Å². The van der Waals surface area contributed by atoms with Crippen LogP contribution in [0.2, 0.25) is 0 Å². The topological polar surface area (TPSA) is 62.0 Å². The fourth-order valence-corrected chi connectivity index (χ4v) is 2.34. The van der Waals surface area contributed by atoms with Gasteiger partial charge >= 0.3 is 0 Å². The second-order valence-electron chi connectivity index (χ2n) is 4.93. The van der Waals surface area contributed by atoms with E-state index in [0.29, 0.717) is 6.61 Å². The molecule has 21 heavy (non-hydrogen) atoms. The third-order valence-corrected chi connectivity index (χ3v) is 3.43. The molecule has 4 heteroatoms. The number of benzene rings is 2. The van der Waals surface area contributed by atoms with Crippen LogP contribution in [-0.2, 0) is 0 Å². The molecule has 0 amide bonds. The number of nitrogens with zero attached hydrogens (tertiary/aromatic N) is 1. The summed E-state index contributed by atoms with van der Waals surface area (Å²) < 4.78 is 5.81. The summed E-state index contributed by atoms with van der Waals surface area (Å²) in [6.07, 6.45) is 5.27. The van der Waals surface area contributed by atoms with Crippen LogP contribution in [0.5, 0.6) is 5.75 Å². The minimum atomic E-state index is 0.253. The molecule has 2 aromatic rings. The van der Waals surface area contributed by atoms with Gasteiger partial charge in [-0.3, -0.25) is 0 Å². The highest BCUT2D eigenvalue weighted by molar-refractivity contribution is 6.02. The molecule has 0 heterocycles. The van der Waals surface area contributed by atoms with Gasteiger partial charge < -0.3 is 15.1 Å². The number of unbranched alkanes of at least 4 members (excludes halogenated alkanes) is 3. The number of oxime groups is 1. The molecule has 0 saturated heterocycles. The van der Waals surface area contributed by atoms with Crippen LogP contribution in [-0.4, -0.2) is 29.7 Å². The Balaban J connectivity index is 2.06. The number of aliphatic hydroxyl groups is 1. The van der Waals surface area contributed by atoms with Crippen molar-refractivity contribution < 1.29 is 15.1 Å². The van der Waals surface area contributed by atoms with E-state index in [9.17, 15) is 0 Å². The van der Waals surface area contributed by atoms with Crippen LogP contribution >= 0.6 is 0 Å². The second kappa shape index (κ2) is 8.27. The SMILES string of the molecule is OCCCCCCOc1ccc2ccccc2c1/C=N/O. The Morgan fingerprint density at radius 3 is 2.62 bits per heavy atom. The van der Waals surface area contributed by atoms with Crippen molar-refractivity contribution in [2.24, 2.45) is 5.16 Å². The lowest BCUT2D eigenvalue weighted by atomic mass is 10.0. The number of hydrogen-bond acceptors (Lipinski definition) is 4. The highest BCUT2D eigenvalue weighted by Crippen LogP contribution is 2.26. The summed E-state index contributed by atoms with van der Waals surface area (Å²) in [5.41, 5.74) is 0.797. The number of fused-ring (bicyclic) bond motifs is 1. The smallest absolute Gasteiger partial charge is 0.128 e. The Labute approximate surface area is 124 Å². The fraction of sp³-hybridized carbons (Fsp3) is 0.353. The summed E-state index contributed by atoms with van der Waals surface area (Å²) in [7, 11) is 0. The van der Waals surface area contributed by atoms with E-state index in [1.807, 2.05) is 36.4 Å². The minimum absolute atomic E-state index is 0.253. The molecule has 0 saturated carbocycles. The highest BCUT2D eigenvalue weighted by Gasteiger charge is 2.07. The lowest BCUT2D eigenvalue weighted by Gasteiger charge is -2.11. The molecule has 0 fully saturated rings. The summed E-state index contributed by atoms with van der Waals surface area (Å²) in [5.74, 6) is 0.730. The van der Waals surface area contributed by atoms with E-state index in [-0.39, 0.29) is 6.61 Å². The van der Waals surface area contributed by atoms with Crippen molar-refractivity contribution in [3.05, 3.63) is 42.0 Å². The van der Waals surface area contributed by atoms with Crippen molar-refractivity contribution in [3.8, 4) is 5.75 Å². The van der Waals surface area contributed by atoms with Gasteiger partial charge in [-0.25, -0.2) is 0 Å². The number of hydrogen-bond donors (Lipinski definition) is 2. The van der Waals surface area contributed by atoms with Gasteiger partial charge in [0, 0.05) is 12.2 Å². The van der Waals surface area contributed by atoms with E-state index in [4.69, 9.17) is 15.1 Å². The van der Waals surface area contributed by atoms with Crippen LogP contribution < -0.4 is 4.74 Å². The molecule has 0 bridgehead atoms. The van der Waals surface area contributed by atoms with Crippen molar-refractivity contribution in [2.75, 3.05) is 13.2 Å². The van der Waals surface area contributed by atoms with Gasteiger partial charge in [-0.15, -0.1) is 0 Å². The third kappa shape index (κ3) is 4.20. The van der Waals surface area contributed by atoms with Crippen LogP contribution in [0.4, 0.5) is 0 Å². The molecule has 0 atom stereocenters. The number of ether oxygens (including phenoxy) is 1. The maximum atomic E-state index is 8.86. The molecule has 0 aliphatic rings. The zero-order valence-corrected chi connectivity index (χ0v) is 12.0. The molecule has 112 valence electrons. The summed E-state index contributed by atoms with van der Waals surface area (Å²) in [6, 6.07) is 11.8. The Morgan fingerprint density at radius 2 is 1.81 bits per heavy atom. The minimum Gasteiger partial charge on any atom is -0.493 e. The quantitative estimate of drug-likeness (QED) is 0.337. The Hall–Kier alpha value is -2.07. The van der Waals surface area contributed by atoms with Gasteiger partial charge in [-0.1, -0.05) is 41.9 Å². The highest BCUT2D eigenvalue weighted by atomic mass is 16.5. The fourth-order valence-electron chi connectivity index (χ4n) is 2.34. The summed E-state index contributed by atoms with van der Waals surface area (Å²) in [6.45, 7) is 0.874. The standard InChI is InChI=1S/C17H21NO3/c19-11-5-1-2-6-12-21-17-10-9-14-7-3-4-8-15(14)16(17)13-18-20/h3-4,7-10,13,19-20H,1-2,5-6,11-12H2/b18-13+. The first-order valence-electron chi connectivity index (χ1n) is 7.29. The molecular weight excluding hydrogens is 266 g/mol. The van der Waals surface area contributed by atoms with Gasteiger partial charge in [0.15, 0.2) is 0 Å².